The van der Waals surface area contributed by atoms with Crippen molar-refractivity contribution in [2.75, 3.05) is 0 Å². The Morgan fingerprint density at radius 3 is 2.67 bits per heavy atom. The van der Waals surface area contributed by atoms with Crippen molar-refractivity contribution in [1.82, 2.24) is 10.3 Å². The van der Waals surface area contributed by atoms with Crippen LogP contribution < -0.4 is 5.32 Å². The van der Waals surface area contributed by atoms with Crippen molar-refractivity contribution in [3.8, 4) is 0 Å². The lowest BCUT2D eigenvalue weighted by Crippen LogP contribution is -2.49. The molecule has 1 spiro atoms. The fourth-order valence-electron chi connectivity index (χ4n) is 3.23. The largest absolute Gasteiger partial charge is 0.478 e. The maximum atomic E-state index is 12.7. The minimum atomic E-state index is -1.09. The van der Waals surface area contributed by atoms with E-state index in [0.29, 0.717) is 24.3 Å². The Kier molecular flexibility index (Phi) is 4.09. The molecule has 1 aromatic carbocycles. The molecule has 7 nitrogen and oxygen atoms in total. The second kappa shape index (κ2) is 6.07. The van der Waals surface area contributed by atoms with Gasteiger partial charge in [0.2, 0.25) is 0 Å². The summed E-state index contributed by atoms with van der Waals surface area (Å²) in [7, 11) is 0. The summed E-state index contributed by atoms with van der Waals surface area (Å²) in [6.07, 6.45) is 4.22. The van der Waals surface area contributed by atoms with Crippen LogP contribution in [0, 0.1) is 5.92 Å². The van der Waals surface area contributed by atoms with Gasteiger partial charge >= 0.3 is 12.0 Å². The van der Waals surface area contributed by atoms with Gasteiger partial charge in [0, 0.05) is 5.56 Å². The fraction of sp³-hybridized carbons (Fsp3) is 0.412. The summed E-state index contributed by atoms with van der Waals surface area (Å²) >= 11 is 0. The number of carboxylic acid groups (broad SMARTS) is 1. The van der Waals surface area contributed by atoms with Crippen molar-refractivity contribution in [2.24, 2.45) is 11.0 Å². The van der Waals surface area contributed by atoms with E-state index >= 15 is 0 Å². The highest BCUT2D eigenvalue weighted by Gasteiger charge is 2.52. The Hall–Kier alpha value is -2.70. The van der Waals surface area contributed by atoms with E-state index < -0.39 is 17.5 Å². The number of hydrogen-bond acceptors (Lipinski definition) is 4. The molecule has 1 aromatic rings. The van der Waals surface area contributed by atoms with Crippen LogP contribution in [0.1, 0.15) is 48.5 Å². The molecule has 1 saturated carbocycles. The standard InChI is InChI=1S/C17H19N3O4/c1-11-6-8-17(9-7-11)15(23)20(16(24)19-17)18-10-12-4-2-3-5-13(12)14(21)22/h2-5,10-11H,6-9H2,1H3,(H,19,24)(H,21,22)/b18-10+. The number of carbonyl (C=O) groups is 3. The van der Waals surface area contributed by atoms with Crippen LogP contribution in [-0.2, 0) is 4.79 Å². The molecule has 2 fully saturated rings. The van der Waals surface area contributed by atoms with E-state index in [2.05, 4.69) is 17.3 Å². The molecular formula is C17H19N3O4. The first-order valence-electron chi connectivity index (χ1n) is 7.96. The number of carbonyl (C=O) groups excluding carboxylic acids is 2. The third-order valence-electron chi connectivity index (χ3n) is 4.77. The van der Waals surface area contributed by atoms with Gasteiger partial charge in [-0.25, -0.2) is 9.59 Å². The predicted octanol–water partition coefficient (Wildman–Crippen LogP) is 2.22. The highest BCUT2D eigenvalue weighted by Crippen LogP contribution is 2.36. The molecule has 3 rings (SSSR count). The van der Waals surface area contributed by atoms with E-state index in [9.17, 15) is 14.4 Å². The molecule has 0 atom stereocenters. The van der Waals surface area contributed by atoms with E-state index in [1.807, 2.05) is 0 Å². The average Bonchev–Trinajstić information content (AvgIpc) is 2.79. The monoisotopic (exact) mass is 329 g/mol. The summed E-state index contributed by atoms with van der Waals surface area (Å²) in [6, 6.07) is 5.73. The van der Waals surface area contributed by atoms with Gasteiger partial charge in [0.15, 0.2) is 0 Å². The molecule has 1 heterocycles. The number of nitrogens with one attached hydrogen (secondary N) is 1. The molecule has 1 saturated heterocycles. The predicted molar refractivity (Wildman–Crippen MR) is 86.7 cm³/mol. The minimum Gasteiger partial charge on any atom is -0.478 e. The molecule has 0 radical (unpaired) electrons. The zero-order valence-corrected chi connectivity index (χ0v) is 13.4. The van der Waals surface area contributed by atoms with Crippen LogP contribution in [0.4, 0.5) is 4.79 Å². The molecule has 0 unspecified atom stereocenters. The second-order valence-corrected chi connectivity index (χ2v) is 6.45. The van der Waals surface area contributed by atoms with Crippen LogP contribution in [0.25, 0.3) is 0 Å². The van der Waals surface area contributed by atoms with Crippen LogP contribution in [0.5, 0.6) is 0 Å². The Bertz CT molecular complexity index is 720. The average molecular weight is 329 g/mol. The molecular weight excluding hydrogens is 310 g/mol. The number of aromatic carboxylic acids is 1. The number of hydrogen-bond donors (Lipinski definition) is 2. The number of hydrazone groups is 1. The number of amides is 3. The lowest BCUT2D eigenvalue weighted by atomic mass is 9.77. The van der Waals surface area contributed by atoms with E-state index in [1.54, 1.807) is 18.2 Å². The molecule has 7 heteroatoms. The van der Waals surface area contributed by atoms with Crippen molar-refractivity contribution in [3.63, 3.8) is 0 Å². The molecule has 1 aliphatic carbocycles. The second-order valence-electron chi connectivity index (χ2n) is 6.45. The maximum absolute atomic E-state index is 12.7. The summed E-state index contributed by atoms with van der Waals surface area (Å²) < 4.78 is 0. The van der Waals surface area contributed by atoms with Gasteiger partial charge in [0.25, 0.3) is 5.91 Å². The molecule has 3 amide bonds. The van der Waals surface area contributed by atoms with Crippen LogP contribution in [0.3, 0.4) is 0 Å². The minimum absolute atomic E-state index is 0.0644. The number of urea groups is 1. The number of imide groups is 1. The van der Waals surface area contributed by atoms with Gasteiger partial charge in [-0.1, -0.05) is 25.1 Å². The molecule has 0 aromatic heterocycles. The molecule has 2 N–H and O–H groups in total. The van der Waals surface area contributed by atoms with Crippen molar-refractivity contribution in [2.45, 2.75) is 38.1 Å². The quantitative estimate of drug-likeness (QED) is 0.656. The summed E-state index contributed by atoms with van der Waals surface area (Å²) in [5, 5.41) is 16.7. The molecule has 1 aliphatic heterocycles. The summed E-state index contributed by atoms with van der Waals surface area (Å²) in [5.74, 6) is -0.907. The maximum Gasteiger partial charge on any atom is 0.346 e. The van der Waals surface area contributed by atoms with Gasteiger partial charge in [-0.2, -0.15) is 5.10 Å². The Morgan fingerprint density at radius 1 is 1.33 bits per heavy atom. The zero-order valence-electron chi connectivity index (χ0n) is 13.4. The first-order chi connectivity index (χ1) is 11.4. The van der Waals surface area contributed by atoms with Gasteiger partial charge in [-0.3, -0.25) is 4.79 Å². The lowest BCUT2D eigenvalue weighted by Gasteiger charge is -2.33. The molecule has 24 heavy (non-hydrogen) atoms. The van der Waals surface area contributed by atoms with E-state index in [0.717, 1.165) is 17.9 Å². The molecule has 126 valence electrons. The van der Waals surface area contributed by atoms with Crippen LogP contribution in [0.15, 0.2) is 29.4 Å². The zero-order chi connectivity index (χ0) is 17.3. The highest BCUT2D eigenvalue weighted by molar-refractivity contribution is 6.08. The summed E-state index contributed by atoms with van der Waals surface area (Å²) in [5.41, 5.74) is -0.453. The number of benzene rings is 1. The Balaban J connectivity index is 1.82. The van der Waals surface area contributed by atoms with Gasteiger partial charge in [-0.15, -0.1) is 5.01 Å². The third-order valence-corrected chi connectivity index (χ3v) is 4.77. The molecule has 2 aliphatic rings. The normalized spacial score (nSPS) is 27.0. The Labute approximate surface area is 139 Å². The van der Waals surface area contributed by atoms with Crippen molar-refractivity contribution in [1.29, 1.82) is 0 Å². The topological polar surface area (TPSA) is 99.1 Å². The molecule has 0 bridgehead atoms. The number of nitrogens with zero attached hydrogens (tertiary/aromatic N) is 2. The van der Waals surface area contributed by atoms with E-state index in [-0.39, 0.29) is 11.5 Å². The van der Waals surface area contributed by atoms with Crippen LogP contribution >= 0.6 is 0 Å². The highest BCUT2D eigenvalue weighted by atomic mass is 16.4. The van der Waals surface area contributed by atoms with Crippen molar-refractivity contribution in [3.05, 3.63) is 35.4 Å². The van der Waals surface area contributed by atoms with Crippen molar-refractivity contribution < 1.29 is 19.5 Å². The van der Waals surface area contributed by atoms with E-state index in [4.69, 9.17) is 5.11 Å². The van der Waals surface area contributed by atoms with E-state index in [1.165, 1.54) is 12.3 Å². The van der Waals surface area contributed by atoms with Crippen molar-refractivity contribution >= 4 is 24.1 Å². The number of carboxylic acids is 1. The lowest BCUT2D eigenvalue weighted by molar-refractivity contribution is -0.132. The van der Waals surface area contributed by atoms with Gasteiger partial charge in [0.1, 0.15) is 5.54 Å². The number of rotatable bonds is 3. The van der Waals surface area contributed by atoms with Gasteiger partial charge in [0.05, 0.1) is 11.8 Å². The van der Waals surface area contributed by atoms with Crippen LogP contribution in [-0.4, -0.2) is 39.8 Å². The summed E-state index contributed by atoms with van der Waals surface area (Å²) in [6.45, 7) is 2.13. The first kappa shape index (κ1) is 16.2. The smallest absolute Gasteiger partial charge is 0.346 e. The summed E-state index contributed by atoms with van der Waals surface area (Å²) in [4.78, 5) is 36.0. The first-order valence-corrected chi connectivity index (χ1v) is 7.96. The van der Waals surface area contributed by atoms with Gasteiger partial charge in [-0.05, 0) is 37.7 Å². The van der Waals surface area contributed by atoms with Crippen LogP contribution in [0.2, 0.25) is 0 Å². The Morgan fingerprint density at radius 2 is 2.00 bits per heavy atom. The third kappa shape index (κ3) is 2.77. The fourth-order valence-corrected chi connectivity index (χ4v) is 3.23. The van der Waals surface area contributed by atoms with Gasteiger partial charge < -0.3 is 10.4 Å². The SMILES string of the molecule is CC1CCC2(CC1)NC(=O)N(/N=C/c1ccccc1C(=O)O)C2=O.